The third kappa shape index (κ3) is 15.0. The van der Waals surface area contributed by atoms with Gasteiger partial charge >= 0.3 is 24.3 Å². The third-order valence-corrected chi connectivity index (χ3v) is 8.90. The summed E-state index contributed by atoms with van der Waals surface area (Å²) in [4.78, 5) is 51.6. The normalized spacial score (nSPS) is 12.5. The van der Waals surface area contributed by atoms with Crippen LogP contribution < -0.4 is 24.7 Å². The van der Waals surface area contributed by atoms with Crippen LogP contribution in [0, 0.1) is 5.92 Å². The van der Waals surface area contributed by atoms with Gasteiger partial charge in [0.2, 0.25) is 11.6 Å². The number of aliphatic hydroxyl groups is 2. The lowest BCUT2D eigenvalue weighted by Crippen LogP contribution is -2.46. The summed E-state index contributed by atoms with van der Waals surface area (Å²) in [5, 5.41) is 22.4. The molecule has 0 heterocycles. The second-order valence-corrected chi connectivity index (χ2v) is 13.8. The van der Waals surface area contributed by atoms with Crippen molar-refractivity contribution in [3.05, 3.63) is 161 Å². The molecule has 5 aromatic rings. The Morgan fingerprint density at radius 2 is 0.952 bits per heavy atom. The number of hydrogen-bond donors (Lipinski definition) is 3. The van der Waals surface area contributed by atoms with E-state index in [0.29, 0.717) is 22.4 Å². The van der Waals surface area contributed by atoms with E-state index in [9.17, 15) is 55.7 Å². The number of esters is 2. The van der Waals surface area contributed by atoms with Crippen molar-refractivity contribution in [2.45, 2.75) is 31.0 Å². The fourth-order valence-electron chi connectivity index (χ4n) is 5.62. The van der Waals surface area contributed by atoms with Gasteiger partial charge in [-0.1, -0.05) is 48.6 Å². The Hall–Kier alpha value is -7.24. The maximum absolute atomic E-state index is 13.3. The first-order valence-electron chi connectivity index (χ1n) is 18.7. The number of ether oxygens (including phenoxy) is 4. The first kappa shape index (κ1) is 46.8. The number of ketones is 2. The number of alkyl halides is 6. The molecule has 0 saturated carbocycles. The summed E-state index contributed by atoms with van der Waals surface area (Å²) in [7, 11) is 0. The lowest BCUT2D eigenvalue weighted by molar-refractivity contribution is -0.199. The van der Waals surface area contributed by atoms with Crippen LogP contribution >= 0.6 is 0 Å². The summed E-state index contributed by atoms with van der Waals surface area (Å²) in [6, 6.07) is 27.8. The number of anilines is 1. The van der Waals surface area contributed by atoms with Gasteiger partial charge in [0.1, 0.15) is 23.0 Å². The number of nitrogen functional groups attached to an aromatic ring is 1. The van der Waals surface area contributed by atoms with Crippen molar-refractivity contribution in [1.29, 1.82) is 0 Å². The first-order chi connectivity index (χ1) is 29.7. The summed E-state index contributed by atoms with van der Waals surface area (Å²) in [6.45, 7) is -2.98. The fraction of sp³-hybridized carbons (Fsp3) is 0.174. The molecule has 0 aliphatic heterocycles. The van der Waals surface area contributed by atoms with E-state index in [4.69, 9.17) is 15.2 Å². The molecule has 63 heavy (non-hydrogen) atoms. The molecule has 0 bridgehead atoms. The molecule has 1 unspecified atom stereocenters. The van der Waals surface area contributed by atoms with Crippen LogP contribution in [0.25, 0.3) is 12.2 Å². The highest BCUT2D eigenvalue weighted by Gasteiger charge is 2.41. The van der Waals surface area contributed by atoms with E-state index in [1.54, 1.807) is 24.3 Å². The second kappa shape index (κ2) is 20.5. The molecule has 11 nitrogen and oxygen atoms in total. The van der Waals surface area contributed by atoms with E-state index in [-0.39, 0.29) is 40.5 Å². The SMILES string of the molecule is Nc1ccc(CC(CC(=O)/C=C/c2ccc(OC(=O)c3ccc(OCC(F)(F)F)cc3)cc2)C(O)(O)C(=O)/C=C/c2ccc(OC(=O)c3ccc(OCC(F)(F)F)cc3)cc2)cc1. The van der Waals surface area contributed by atoms with Crippen molar-refractivity contribution in [2.75, 3.05) is 18.9 Å². The Morgan fingerprint density at radius 3 is 1.37 bits per heavy atom. The van der Waals surface area contributed by atoms with Crippen molar-refractivity contribution >= 4 is 41.3 Å². The van der Waals surface area contributed by atoms with E-state index in [0.717, 1.165) is 6.08 Å². The zero-order chi connectivity index (χ0) is 45.8. The molecule has 4 N–H and O–H groups in total. The van der Waals surface area contributed by atoms with E-state index in [1.807, 2.05) is 0 Å². The standard InChI is InChI=1S/C46H37F6NO10/c47-44(48,49)27-60-37-20-9-32(10-21-37)42(56)62-39-16-4-29(5-17-39)3-15-36(54)26-34(25-31-1-13-35(53)14-2-31)46(58,59)41(55)24-8-30-6-18-40(19-7-30)63-43(57)33-11-22-38(23-12-33)61-28-45(50,51)52/h1-24,34,58-59H,25-28,53H2/b15-3+,24-8+. The molecule has 17 heteroatoms. The summed E-state index contributed by atoms with van der Waals surface area (Å²) in [6.07, 6.45) is -4.81. The van der Waals surface area contributed by atoms with Gasteiger partial charge in [-0.15, -0.1) is 0 Å². The van der Waals surface area contributed by atoms with Gasteiger partial charge in [-0.3, -0.25) is 9.59 Å². The lowest BCUT2D eigenvalue weighted by Gasteiger charge is -2.28. The molecule has 5 rings (SSSR count). The van der Waals surface area contributed by atoms with Gasteiger partial charge < -0.3 is 34.9 Å². The molecular weight excluding hydrogens is 840 g/mol. The van der Waals surface area contributed by atoms with Crippen LogP contribution in [0.5, 0.6) is 23.0 Å². The smallest absolute Gasteiger partial charge is 0.422 e. The average molecular weight is 878 g/mol. The van der Waals surface area contributed by atoms with Crippen molar-refractivity contribution in [3.63, 3.8) is 0 Å². The van der Waals surface area contributed by atoms with Crippen LogP contribution in [0.3, 0.4) is 0 Å². The van der Waals surface area contributed by atoms with Crippen molar-refractivity contribution < 1.29 is 74.7 Å². The Kier molecular flexibility index (Phi) is 15.3. The van der Waals surface area contributed by atoms with Crippen LogP contribution in [-0.2, 0) is 16.0 Å². The number of carbonyl (C=O) groups is 4. The predicted molar refractivity (Wildman–Crippen MR) is 217 cm³/mol. The maximum Gasteiger partial charge on any atom is 0.422 e. The molecule has 1 atom stereocenters. The minimum Gasteiger partial charge on any atom is -0.484 e. The third-order valence-electron chi connectivity index (χ3n) is 8.90. The van der Waals surface area contributed by atoms with Crippen LogP contribution in [0.2, 0.25) is 0 Å². The molecule has 0 amide bonds. The summed E-state index contributed by atoms with van der Waals surface area (Å²) >= 11 is 0. The van der Waals surface area contributed by atoms with Gasteiger partial charge in [0.15, 0.2) is 19.0 Å². The molecule has 0 saturated heterocycles. The van der Waals surface area contributed by atoms with Crippen LogP contribution in [0.15, 0.2) is 133 Å². The largest absolute Gasteiger partial charge is 0.484 e. The maximum atomic E-state index is 13.3. The van der Waals surface area contributed by atoms with Gasteiger partial charge in [-0.05, 0) is 120 Å². The Balaban J connectivity index is 1.18. The predicted octanol–water partition coefficient (Wildman–Crippen LogP) is 8.38. The monoisotopic (exact) mass is 877 g/mol. The molecule has 328 valence electrons. The van der Waals surface area contributed by atoms with Gasteiger partial charge in [-0.2, -0.15) is 26.3 Å². The summed E-state index contributed by atoms with van der Waals surface area (Å²) in [5.74, 6) is -7.60. The Morgan fingerprint density at radius 1 is 0.556 bits per heavy atom. The van der Waals surface area contributed by atoms with E-state index < -0.39 is 67.2 Å². The van der Waals surface area contributed by atoms with Gasteiger partial charge in [-0.25, -0.2) is 9.59 Å². The minimum absolute atomic E-state index is 0.0390. The number of carbonyl (C=O) groups excluding carboxylic acids is 4. The van der Waals surface area contributed by atoms with E-state index >= 15 is 0 Å². The Labute approximate surface area is 355 Å². The summed E-state index contributed by atoms with van der Waals surface area (Å²) < 4.78 is 94.2. The van der Waals surface area contributed by atoms with Crippen LogP contribution in [0.1, 0.15) is 43.8 Å². The van der Waals surface area contributed by atoms with E-state index in [2.05, 4.69) is 9.47 Å². The average Bonchev–Trinajstić information content (AvgIpc) is 3.24. The topological polar surface area (TPSA) is 172 Å². The number of benzene rings is 5. The first-order valence-corrected chi connectivity index (χ1v) is 18.7. The van der Waals surface area contributed by atoms with Crippen molar-refractivity contribution in [3.8, 4) is 23.0 Å². The lowest BCUT2D eigenvalue weighted by atomic mass is 9.84. The van der Waals surface area contributed by atoms with Crippen molar-refractivity contribution in [1.82, 2.24) is 0 Å². The number of nitrogens with two attached hydrogens (primary N) is 1. The molecule has 0 aromatic heterocycles. The highest BCUT2D eigenvalue weighted by molar-refractivity contribution is 6.00. The molecule has 0 spiro atoms. The van der Waals surface area contributed by atoms with Gasteiger partial charge in [0.05, 0.1) is 11.1 Å². The van der Waals surface area contributed by atoms with Crippen LogP contribution in [0.4, 0.5) is 32.0 Å². The van der Waals surface area contributed by atoms with Crippen LogP contribution in [-0.4, -0.2) is 65.1 Å². The number of halogens is 6. The van der Waals surface area contributed by atoms with Gasteiger partial charge in [0.25, 0.3) is 0 Å². The number of rotatable bonds is 18. The number of allylic oxidation sites excluding steroid dienone is 1. The minimum atomic E-state index is -4.52. The Bertz CT molecular complexity index is 2410. The highest BCUT2D eigenvalue weighted by atomic mass is 19.4. The second-order valence-electron chi connectivity index (χ2n) is 13.8. The molecule has 5 aromatic carbocycles. The quantitative estimate of drug-likeness (QED) is 0.0193. The van der Waals surface area contributed by atoms with Crippen molar-refractivity contribution in [2.24, 2.45) is 5.92 Å². The fourth-order valence-corrected chi connectivity index (χ4v) is 5.62. The molecular formula is C46H37F6NO10. The molecule has 0 aliphatic rings. The molecule has 0 aliphatic carbocycles. The number of hydrogen-bond acceptors (Lipinski definition) is 11. The van der Waals surface area contributed by atoms with Gasteiger partial charge in [0, 0.05) is 18.0 Å². The zero-order valence-electron chi connectivity index (χ0n) is 32.8. The summed E-state index contributed by atoms with van der Waals surface area (Å²) in [5.41, 5.74) is 7.77. The zero-order valence-corrected chi connectivity index (χ0v) is 32.8. The molecule has 0 radical (unpaired) electrons. The highest BCUT2D eigenvalue weighted by Crippen LogP contribution is 2.28. The molecule has 0 fully saturated rings. The van der Waals surface area contributed by atoms with E-state index in [1.165, 1.54) is 115 Å².